The third-order valence-electron chi connectivity index (χ3n) is 5.36. The van der Waals surface area contributed by atoms with Crippen LogP contribution in [0, 0.1) is 17.8 Å². The number of hydrogen-bond acceptors (Lipinski definition) is 2. The first-order valence-electron chi connectivity index (χ1n) is 7.81. The number of benzene rings is 1. The highest BCUT2D eigenvalue weighted by Gasteiger charge is 2.56. The molecule has 0 aromatic heterocycles. The molecule has 2 saturated carbocycles. The van der Waals surface area contributed by atoms with Gasteiger partial charge in [0.05, 0.1) is 6.04 Å². The molecule has 0 spiro atoms. The van der Waals surface area contributed by atoms with Gasteiger partial charge >= 0.3 is 0 Å². The Labute approximate surface area is 130 Å². The van der Waals surface area contributed by atoms with Crippen molar-refractivity contribution >= 4 is 23.2 Å². The summed E-state index contributed by atoms with van der Waals surface area (Å²) in [6, 6.07) is 9.79. The van der Waals surface area contributed by atoms with Crippen molar-refractivity contribution in [1.29, 1.82) is 0 Å². The standard InChI is InChI=1S/C17H19ClN2O/c18-9-8-14-15-12-6-7-13(10-12)16(15)20(19-14)17(21)11-4-2-1-3-5-11/h1-5,12-13,15-16H,6-10H2/t12-,13+,15+,16-/m0/s1. The van der Waals surface area contributed by atoms with Gasteiger partial charge in [-0.15, -0.1) is 11.6 Å². The van der Waals surface area contributed by atoms with Gasteiger partial charge in [-0.1, -0.05) is 18.2 Å². The number of carbonyl (C=O) groups is 1. The highest BCUT2D eigenvalue weighted by atomic mass is 35.5. The van der Waals surface area contributed by atoms with E-state index in [2.05, 4.69) is 0 Å². The average molecular weight is 303 g/mol. The average Bonchev–Trinajstić information content (AvgIpc) is 3.20. The van der Waals surface area contributed by atoms with Crippen molar-refractivity contribution in [3.05, 3.63) is 35.9 Å². The fraction of sp³-hybridized carbons (Fsp3) is 0.529. The second kappa shape index (κ2) is 5.13. The fourth-order valence-electron chi connectivity index (χ4n) is 4.56. The van der Waals surface area contributed by atoms with Crippen molar-refractivity contribution in [2.24, 2.45) is 22.9 Å². The van der Waals surface area contributed by atoms with Gasteiger partial charge in [-0.3, -0.25) is 4.79 Å². The minimum Gasteiger partial charge on any atom is -0.267 e. The quantitative estimate of drug-likeness (QED) is 0.786. The van der Waals surface area contributed by atoms with E-state index in [0.717, 1.165) is 23.6 Å². The number of nitrogens with zero attached hydrogens (tertiary/aromatic N) is 2. The predicted molar refractivity (Wildman–Crippen MR) is 83.5 cm³/mol. The Balaban J connectivity index is 1.67. The molecule has 0 radical (unpaired) electrons. The number of halogens is 1. The molecule has 0 saturated heterocycles. The van der Waals surface area contributed by atoms with Crippen LogP contribution >= 0.6 is 11.6 Å². The van der Waals surface area contributed by atoms with Crippen LogP contribution < -0.4 is 0 Å². The lowest BCUT2D eigenvalue weighted by molar-refractivity contribution is 0.0629. The number of alkyl halides is 1. The Kier molecular flexibility index (Phi) is 3.26. The summed E-state index contributed by atoms with van der Waals surface area (Å²) in [5.74, 6) is 2.45. The van der Waals surface area contributed by atoms with Crippen LogP contribution in [-0.4, -0.2) is 28.5 Å². The molecule has 2 fully saturated rings. The zero-order chi connectivity index (χ0) is 14.4. The minimum absolute atomic E-state index is 0.0442. The molecule has 1 aromatic carbocycles. The molecule has 4 heteroatoms. The van der Waals surface area contributed by atoms with Crippen LogP contribution in [0.1, 0.15) is 36.0 Å². The number of amides is 1. The monoisotopic (exact) mass is 302 g/mol. The molecule has 21 heavy (non-hydrogen) atoms. The van der Waals surface area contributed by atoms with Gasteiger partial charge in [-0.25, -0.2) is 5.01 Å². The summed E-state index contributed by atoms with van der Waals surface area (Å²) in [7, 11) is 0. The van der Waals surface area contributed by atoms with E-state index in [1.165, 1.54) is 19.3 Å². The SMILES string of the molecule is O=C(c1ccccc1)N1N=C(CCCl)[C@H]2[C@H]3CC[C@H](C3)[C@@H]21. The van der Waals surface area contributed by atoms with E-state index in [0.29, 0.717) is 17.7 Å². The fourth-order valence-corrected chi connectivity index (χ4v) is 4.75. The van der Waals surface area contributed by atoms with E-state index in [1.807, 2.05) is 30.3 Å². The molecule has 1 aliphatic heterocycles. The molecule has 0 N–H and O–H groups in total. The topological polar surface area (TPSA) is 32.7 Å². The summed E-state index contributed by atoms with van der Waals surface area (Å²) < 4.78 is 0. The van der Waals surface area contributed by atoms with Crippen LogP contribution in [0.25, 0.3) is 0 Å². The molecule has 4 atom stereocenters. The van der Waals surface area contributed by atoms with Crippen LogP contribution in [0.4, 0.5) is 0 Å². The molecule has 0 unspecified atom stereocenters. The number of hydrogen-bond donors (Lipinski definition) is 0. The number of fused-ring (bicyclic) bond motifs is 5. The lowest BCUT2D eigenvalue weighted by Gasteiger charge is -2.30. The van der Waals surface area contributed by atoms with E-state index in [9.17, 15) is 4.79 Å². The molecule has 4 rings (SSSR count). The molecular weight excluding hydrogens is 284 g/mol. The van der Waals surface area contributed by atoms with Crippen LogP contribution in [0.2, 0.25) is 0 Å². The van der Waals surface area contributed by atoms with Gasteiger partial charge in [0, 0.05) is 29.5 Å². The molecule has 2 bridgehead atoms. The van der Waals surface area contributed by atoms with Crippen LogP contribution in [0.3, 0.4) is 0 Å². The lowest BCUT2D eigenvalue weighted by atomic mass is 9.81. The summed E-state index contributed by atoms with van der Waals surface area (Å²) in [5, 5.41) is 6.48. The Morgan fingerprint density at radius 3 is 2.76 bits per heavy atom. The van der Waals surface area contributed by atoms with Crippen molar-refractivity contribution in [1.82, 2.24) is 5.01 Å². The second-order valence-corrected chi connectivity index (χ2v) is 6.77. The van der Waals surface area contributed by atoms with Gasteiger partial charge in [0.2, 0.25) is 0 Å². The Bertz CT molecular complexity index is 586. The maximum Gasteiger partial charge on any atom is 0.274 e. The lowest BCUT2D eigenvalue weighted by Crippen LogP contribution is -2.41. The first-order valence-corrected chi connectivity index (χ1v) is 8.35. The van der Waals surface area contributed by atoms with Gasteiger partial charge in [0.15, 0.2) is 0 Å². The zero-order valence-corrected chi connectivity index (χ0v) is 12.7. The summed E-state index contributed by atoms with van der Waals surface area (Å²) in [6.45, 7) is 0. The molecule has 1 amide bonds. The van der Waals surface area contributed by atoms with Gasteiger partial charge in [0.1, 0.15) is 0 Å². The van der Waals surface area contributed by atoms with E-state index in [4.69, 9.17) is 16.7 Å². The summed E-state index contributed by atoms with van der Waals surface area (Å²) in [5.41, 5.74) is 1.89. The minimum atomic E-state index is 0.0442. The smallest absolute Gasteiger partial charge is 0.267 e. The van der Waals surface area contributed by atoms with E-state index in [-0.39, 0.29) is 11.9 Å². The van der Waals surface area contributed by atoms with Crippen molar-refractivity contribution in [3.8, 4) is 0 Å². The molecule has 2 aliphatic carbocycles. The number of hydrazone groups is 1. The van der Waals surface area contributed by atoms with E-state index < -0.39 is 0 Å². The van der Waals surface area contributed by atoms with E-state index in [1.54, 1.807) is 5.01 Å². The van der Waals surface area contributed by atoms with Crippen molar-refractivity contribution in [2.75, 3.05) is 5.88 Å². The second-order valence-electron chi connectivity index (χ2n) is 6.40. The molecular formula is C17H19ClN2O. The van der Waals surface area contributed by atoms with Crippen LogP contribution in [0.5, 0.6) is 0 Å². The van der Waals surface area contributed by atoms with Gasteiger partial charge in [-0.2, -0.15) is 5.10 Å². The third-order valence-corrected chi connectivity index (χ3v) is 5.54. The number of rotatable bonds is 3. The van der Waals surface area contributed by atoms with Crippen LogP contribution in [-0.2, 0) is 0 Å². The molecule has 3 nitrogen and oxygen atoms in total. The van der Waals surface area contributed by atoms with Gasteiger partial charge < -0.3 is 0 Å². The molecule has 1 aromatic rings. The highest BCUT2D eigenvalue weighted by Crippen LogP contribution is 2.54. The van der Waals surface area contributed by atoms with Gasteiger partial charge in [-0.05, 0) is 43.2 Å². The first kappa shape index (κ1) is 13.3. The molecule has 1 heterocycles. The van der Waals surface area contributed by atoms with Crippen molar-refractivity contribution in [2.45, 2.75) is 31.7 Å². The number of carbonyl (C=O) groups excluding carboxylic acids is 1. The third kappa shape index (κ3) is 2.02. The van der Waals surface area contributed by atoms with Crippen molar-refractivity contribution in [3.63, 3.8) is 0 Å². The zero-order valence-electron chi connectivity index (χ0n) is 11.9. The Morgan fingerprint density at radius 2 is 2.00 bits per heavy atom. The summed E-state index contributed by atoms with van der Waals surface area (Å²) >= 11 is 5.93. The molecule has 110 valence electrons. The largest absolute Gasteiger partial charge is 0.274 e. The predicted octanol–water partition coefficient (Wildman–Crippen LogP) is 3.54. The van der Waals surface area contributed by atoms with E-state index >= 15 is 0 Å². The summed E-state index contributed by atoms with van der Waals surface area (Å²) in [6.07, 6.45) is 4.61. The Hall–Kier alpha value is -1.35. The first-order chi connectivity index (χ1) is 10.3. The van der Waals surface area contributed by atoms with Crippen molar-refractivity contribution < 1.29 is 4.79 Å². The van der Waals surface area contributed by atoms with Gasteiger partial charge in [0.25, 0.3) is 5.91 Å². The maximum absolute atomic E-state index is 12.8. The maximum atomic E-state index is 12.8. The summed E-state index contributed by atoms with van der Waals surface area (Å²) in [4.78, 5) is 12.8. The van der Waals surface area contributed by atoms with Crippen LogP contribution in [0.15, 0.2) is 35.4 Å². The normalized spacial score (nSPS) is 33.2. The highest BCUT2D eigenvalue weighted by molar-refractivity contribution is 6.19. The Morgan fingerprint density at radius 1 is 1.24 bits per heavy atom. The molecule has 3 aliphatic rings.